The van der Waals surface area contributed by atoms with E-state index in [1.165, 1.54) is 6.08 Å². The molecule has 0 heterocycles. The highest BCUT2D eigenvalue weighted by molar-refractivity contribution is 5.93. The second-order valence-electron chi connectivity index (χ2n) is 7.90. The Morgan fingerprint density at radius 2 is 1.93 bits per heavy atom. The fraction of sp³-hybridized carbons (Fsp3) is 0.727. The summed E-state index contributed by atoms with van der Waals surface area (Å²) in [5.41, 5.74) is 3.28. The van der Waals surface area contributed by atoms with Crippen molar-refractivity contribution in [2.24, 2.45) is 11.8 Å². The summed E-state index contributed by atoms with van der Waals surface area (Å²) in [7, 11) is 0. The Morgan fingerprint density at radius 1 is 1.25 bits per heavy atom. The average Bonchev–Trinajstić information content (AvgIpc) is 2.88. The Kier molecular flexibility index (Phi) is 11.0. The number of hydrogen-bond donors (Lipinski definition) is 3. The third-order valence-electron chi connectivity index (χ3n) is 5.18. The fourth-order valence-electron chi connectivity index (χ4n) is 3.54. The van der Waals surface area contributed by atoms with Crippen molar-refractivity contribution < 1.29 is 29.7 Å². The number of carboxylic acid groups (broad SMARTS) is 1. The van der Waals surface area contributed by atoms with E-state index in [0.29, 0.717) is 30.8 Å². The molecule has 1 saturated carbocycles. The Bertz CT molecular complexity index is 602. The van der Waals surface area contributed by atoms with E-state index in [2.05, 4.69) is 19.6 Å². The van der Waals surface area contributed by atoms with Gasteiger partial charge in [0.2, 0.25) is 0 Å². The lowest BCUT2D eigenvalue weighted by Gasteiger charge is -2.13. The summed E-state index contributed by atoms with van der Waals surface area (Å²) in [6.45, 7) is 4.21. The highest BCUT2D eigenvalue weighted by Gasteiger charge is 2.37. The molecule has 0 bridgehead atoms. The smallest absolute Gasteiger partial charge is 0.303 e. The lowest BCUT2D eigenvalue weighted by atomic mass is 9.93. The lowest BCUT2D eigenvalue weighted by molar-refractivity contribution is -0.137. The summed E-state index contributed by atoms with van der Waals surface area (Å²) in [6, 6.07) is 0. The SMILES string of the molecule is CCCC[C@H](C)C[C@H](O)C=C=C1[C@@H](CC(=O)CCCCC(=O)O)C(=O)C[C@H]1O. The number of hydrogen-bond acceptors (Lipinski definition) is 5. The van der Waals surface area contributed by atoms with E-state index in [4.69, 9.17) is 5.11 Å². The largest absolute Gasteiger partial charge is 0.481 e. The molecule has 0 amide bonds. The average molecular weight is 395 g/mol. The van der Waals surface area contributed by atoms with E-state index in [1.54, 1.807) is 0 Å². The maximum Gasteiger partial charge on any atom is 0.303 e. The Hall–Kier alpha value is -1.75. The third kappa shape index (κ3) is 8.96. The number of aliphatic hydroxyl groups excluding tert-OH is 2. The summed E-state index contributed by atoms with van der Waals surface area (Å²) in [6.07, 6.45) is 4.80. The van der Waals surface area contributed by atoms with Gasteiger partial charge in [-0.2, -0.15) is 0 Å². The van der Waals surface area contributed by atoms with Crippen molar-refractivity contribution in [3.8, 4) is 0 Å². The van der Waals surface area contributed by atoms with Crippen molar-refractivity contribution in [2.45, 2.75) is 90.3 Å². The van der Waals surface area contributed by atoms with Crippen molar-refractivity contribution in [3.63, 3.8) is 0 Å². The zero-order valence-electron chi connectivity index (χ0n) is 17.0. The first-order valence-electron chi connectivity index (χ1n) is 10.3. The topological polar surface area (TPSA) is 112 Å². The number of carbonyl (C=O) groups is 3. The van der Waals surface area contributed by atoms with Crippen molar-refractivity contribution in [2.75, 3.05) is 0 Å². The molecule has 0 saturated heterocycles. The molecule has 3 N–H and O–H groups in total. The monoisotopic (exact) mass is 394 g/mol. The van der Waals surface area contributed by atoms with Gasteiger partial charge < -0.3 is 15.3 Å². The minimum Gasteiger partial charge on any atom is -0.481 e. The van der Waals surface area contributed by atoms with Gasteiger partial charge in [-0.3, -0.25) is 14.4 Å². The number of unbranched alkanes of at least 4 members (excludes halogenated alkanes) is 2. The van der Waals surface area contributed by atoms with Crippen molar-refractivity contribution in [3.05, 3.63) is 17.4 Å². The van der Waals surface area contributed by atoms with Gasteiger partial charge in [0.25, 0.3) is 0 Å². The Labute approximate surface area is 167 Å². The first kappa shape index (κ1) is 24.3. The van der Waals surface area contributed by atoms with Crippen LogP contribution in [-0.4, -0.2) is 45.1 Å². The van der Waals surface area contributed by atoms with Crippen molar-refractivity contribution >= 4 is 17.5 Å². The molecule has 1 fully saturated rings. The van der Waals surface area contributed by atoms with Crippen molar-refractivity contribution in [1.29, 1.82) is 0 Å². The number of aliphatic hydroxyl groups is 2. The van der Waals surface area contributed by atoms with Crippen LogP contribution in [0.25, 0.3) is 0 Å². The highest BCUT2D eigenvalue weighted by Crippen LogP contribution is 2.31. The van der Waals surface area contributed by atoms with Crippen LogP contribution in [0.1, 0.15) is 78.1 Å². The molecule has 158 valence electrons. The van der Waals surface area contributed by atoms with Crippen LogP contribution in [0, 0.1) is 11.8 Å². The second-order valence-corrected chi connectivity index (χ2v) is 7.90. The van der Waals surface area contributed by atoms with E-state index in [0.717, 1.165) is 19.3 Å². The zero-order valence-corrected chi connectivity index (χ0v) is 17.0. The number of aliphatic carboxylic acids is 1. The van der Waals surface area contributed by atoms with Gasteiger partial charge in [-0.15, -0.1) is 5.73 Å². The molecule has 1 rings (SSSR count). The van der Waals surface area contributed by atoms with Crippen LogP contribution in [-0.2, 0) is 14.4 Å². The summed E-state index contributed by atoms with van der Waals surface area (Å²) in [5, 5.41) is 28.9. The molecule has 0 aromatic heterocycles. The predicted molar refractivity (Wildman–Crippen MR) is 106 cm³/mol. The molecule has 0 aliphatic heterocycles. The van der Waals surface area contributed by atoms with E-state index in [-0.39, 0.29) is 37.2 Å². The lowest BCUT2D eigenvalue weighted by Crippen LogP contribution is -2.15. The van der Waals surface area contributed by atoms with E-state index >= 15 is 0 Å². The highest BCUT2D eigenvalue weighted by atomic mass is 16.4. The van der Waals surface area contributed by atoms with Crippen LogP contribution in [0.5, 0.6) is 0 Å². The van der Waals surface area contributed by atoms with Crippen molar-refractivity contribution in [1.82, 2.24) is 0 Å². The summed E-state index contributed by atoms with van der Waals surface area (Å²) >= 11 is 0. The Morgan fingerprint density at radius 3 is 2.57 bits per heavy atom. The maximum atomic E-state index is 12.2. The molecule has 0 spiro atoms. The number of ketones is 2. The van der Waals surface area contributed by atoms with Gasteiger partial charge >= 0.3 is 5.97 Å². The standard InChI is InChI=1S/C22H34O6/c1-3-4-7-15(2)12-17(24)10-11-18-19(21(26)14-20(18)25)13-16(23)8-5-6-9-22(27)28/h10,15,17,19-20,24-25H,3-9,12-14H2,1-2H3,(H,27,28)/t11?,15-,17+,19+,20+/m0/s1. The van der Waals surface area contributed by atoms with E-state index < -0.39 is 24.1 Å². The molecule has 0 aromatic rings. The molecule has 28 heavy (non-hydrogen) atoms. The molecule has 6 heteroatoms. The zero-order chi connectivity index (χ0) is 21.1. The fourth-order valence-corrected chi connectivity index (χ4v) is 3.54. The molecule has 0 unspecified atom stereocenters. The van der Waals surface area contributed by atoms with Crippen LogP contribution in [0.4, 0.5) is 0 Å². The molecular formula is C22H34O6. The molecule has 1 aliphatic carbocycles. The van der Waals surface area contributed by atoms with Crippen LogP contribution in [0.3, 0.4) is 0 Å². The van der Waals surface area contributed by atoms with E-state index in [1.807, 2.05) is 0 Å². The number of carboxylic acids is 1. The summed E-state index contributed by atoms with van der Waals surface area (Å²) in [4.78, 5) is 34.8. The van der Waals surface area contributed by atoms with Gasteiger partial charge in [0.15, 0.2) is 0 Å². The minimum atomic E-state index is -0.960. The molecular weight excluding hydrogens is 360 g/mol. The normalized spacial score (nSPS) is 21.3. The van der Waals surface area contributed by atoms with Gasteiger partial charge in [0.1, 0.15) is 11.6 Å². The van der Waals surface area contributed by atoms with Gasteiger partial charge in [0, 0.05) is 31.3 Å². The molecule has 6 nitrogen and oxygen atoms in total. The maximum absolute atomic E-state index is 12.2. The minimum absolute atomic E-state index is 0.00212. The van der Waals surface area contributed by atoms with Crippen LogP contribution >= 0.6 is 0 Å². The van der Waals surface area contributed by atoms with Crippen LogP contribution < -0.4 is 0 Å². The first-order chi connectivity index (χ1) is 13.2. The van der Waals surface area contributed by atoms with Crippen LogP contribution in [0.15, 0.2) is 17.4 Å². The first-order valence-corrected chi connectivity index (χ1v) is 10.3. The molecule has 4 atom stereocenters. The summed E-state index contributed by atoms with van der Waals surface area (Å²) < 4.78 is 0. The molecule has 1 aliphatic rings. The third-order valence-corrected chi connectivity index (χ3v) is 5.18. The van der Waals surface area contributed by atoms with Crippen LogP contribution in [0.2, 0.25) is 0 Å². The number of carbonyl (C=O) groups excluding carboxylic acids is 2. The number of Topliss-reactive ketones (excluding diaryl/α,β-unsaturated/α-hetero) is 2. The second kappa shape index (κ2) is 12.7. The van der Waals surface area contributed by atoms with Gasteiger partial charge in [-0.05, 0) is 31.3 Å². The number of rotatable bonds is 13. The Balaban J connectivity index is 2.66. The van der Waals surface area contributed by atoms with Gasteiger partial charge in [0.05, 0.1) is 18.1 Å². The van der Waals surface area contributed by atoms with Gasteiger partial charge in [-0.1, -0.05) is 33.1 Å². The summed E-state index contributed by atoms with van der Waals surface area (Å²) in [5.74, 6) is -1.52. The van der Waals surface area contributed by atoms with E-state index in [9.17, 15) is 24.6 Å². The molecule has 0 radical (unpaired) electrons. The predicted octanol–water partition coefficient (Wildman–Crippen LogP) is 3.20. The molecule has 0 aromatic carbocycles. The quantitative estimate of drug-likeness (QED) is 0.327. The van der Waals surface area contributed by atoms with Gasteiger partial charge in [-0.25, -0.2) is 0 Å².